The lowest BCUT2D eigenvalue weighted by molar-refractivity contribution is -0.131. The van der Waals surface area contributed by atoms with Crippen LogP contribution in [-0.2, 0) is 16.0 Å². The molecule has 0 saturated carbocycles. The van der Waals surface area contributed by atoms with E-state index in [0.29, 0.717) is 13.0 Å². The van der Waals surface area contributed by atoms with Crippen molar-refractivity contribution in [2.45, 2.75) is 44.7 Å². The van der Waals surface area contributed by atoms with Crippen LogP contribution < -0.4 is 4.90 Å². The van der Waals surface area contributed by atoms with Gasteiger partial charge in [0.25, 0.3) is 5.91 Å². The Morgan fingerprint density at radius 1 is 1.21 bits per heavy atom. The number of imide groups is 1. The Labute approximate surface area is 141 Å². The van der Waals surface area contributed by atoms with Crippen LogP contribution in [0.2, 0.25) is 0 Å². The Kier molecular flexibility index (Phi) is 3.55. The number of nitrogens with zero attached hydrogens (tertiary/aromatic N) is 3. The molecule has 3 heterocycles. The molecule has 1 aromatic rings. The number of aryl methyl sites for hydroxylation is 1. The lowest BCUT2D eigenvalue weighted by Gasteiger charge is -2.36. The van der Waals surface area contributed by atoms with Crippen LogP contribution in [0.1, 0.15) is 31.7 Å². The molecule has 2 fully saturated rings. The molecule has 0 N–H and O–H groups in total. The summed E-state index contributed by atoms with van der Waals surface area (Å²) in [5.74, 6) is -0.402. The van der Waals surface area contributed by atoms with Gasteiger partial charge in [0.05, 0.1) is 0 Å². The maximum absolute atomic E-state index is 12.9. The summed E-state index contributed by atoms with van der Waals surface area (Å²) in [7, 11) is 0. The number of benzene rings is 1. The second-order valence-corrected chi connectivity index (χ2v) is 6.84. The molecule has 0 bridgehead atoms. The number of urea groups is 1. The van der Waals surface area contributed by atoms with Crippen molar-refractivity contribution in [3.05, 3.63) is 29.8 Å². The minimum atomic E-state index is -0.351. The third-order valence-electron chi connectivity index (χ3n) is 5.37. The fourth-order valence-electron chi connectivity index (χ4n) is 4.11. The van der Waals surface area contributed by atoms with Crippen molar-refractivity contribution in [3.63, 3.8) is 0 Å². The first kappa shape index (κ1) is 15.2. The van der Waals surface area contributed by atoms with Gasteiger partial charge in [0.15, 0.2) is 0 Å². The SMILES string of the molecule is C[C@@H]1CCc2ccccc2N1C(=O)CN1C(=O)[C@@H]2CCCN2C1=O. The first-order chi connectivity index (χ1) is 11.6. The molecular formula is C18H21N3O3. The monoisotopic (exact) mass is 327 g/mol. The van der Waals surface area contributed by atoms with Crippen molar-refractivity contribution in [1.29, 1.82) is 0 Å². The Morgan fingerprint density at radius 2 is 2.00 bits per heavy atom. The quantitative estimate of drug-likeness (QED) is 0.778. The molecule has 126 valence electrons. The number of para-hydroxylation sites is 1. The van der Waals surface area contributed by atoms with E-state index in [-0.39, 0.29) is 36.5 Å². The van der Waals surface area contributed by atoms with Gasteiger partial charge in [0.2, 0.25) is 5.91 Å². The number of anilines is 1. The molecule has 2 saturated heterocycles. The van der Waals surface area contributed by atoms with Crippen molar-refractivity contribution in [2.75, 3.05) is 18.0 Å². The summed E-state index contributed by atoms with van der Waals surface area (Å²) in [4.78, 5) is 42.2. The van der Waals surface area contributed by atoms with Gasteiger partial charge in [-0.15, -0.1) is 0 Å². The predicted molar refractivity (Wildman–Crippen MR) is 88.5 cm³/mol. The summed E-state index contributed by atoms with van der Waals surface area (Å²) in [6, 6.07) is 7.27. The normalized spacial score (nSPS) is 26.0. The van der Waals surface area contributed by atoms with Gasteiger partial charge in [0, 0.05) is 18.3 Å². The van der Waals surface area contributed by atoms with E-state index in [1.54, 1.807) is 9.80 Å². The Hall–Kier alpha value is -2.37. The van der Waals surface area contributed by atoms with Crippen LogP contribution >= 0.6 is 0 Å². The first-order valence-corrected chi connectivity index (χ1v) is 8.60. The zero-order valence-corrected chi connectivity index (χ0v) is 13.8. The van der Waals surface area contributed by atoms with E-state index in [0.717, 1.165) is 35.4 Å². The average Bonchev–Trinajstić information content (AvgIpc) is 3.14. The summed E-state index contributed by atoms with van der Waals surface area (Å²) in [5, 5.41) is 0. The summed E-state index contributed by atoms with van der Waals surface area (Å²) in [6.45, 7) is 2.46. The number of rotatable bonds is 2. The third-order valence-corrected chi connectivity index (χ3v) is 5.37. The maximum atomic E-state index is 12.9. The zero-order chi connectivity index (χ0) is 16.8. The molecule has 2 atom stereocenters. The molecule has 0 aliphatic carbocycles. The molecule has 0 aromatic heterocycles. The van der Waals surface area contributed by atoms with Crippen molar-refractivity contribution >= 4 is 23.5 Å². The number of amides is 4. The van der Waals surface area contributed by atoms with Gasteiger partial charge in [-0.1, -0.05) is 18.2 Å². The van der Waals surface area contributed by atoms with Gasteiger partial charge >= 0.3 is 6.03 Å². The zero-order valence-electron chi connectivity index (χ0n) is 13.8. The molecule has 4 amide bonds. The molecule has 0 unspecified atom stereocenters. The van der Waals surface area contributed by atoms with E-state index >= 15 is 0 Å². The predicted octanol–water partition coefficient (Wildman–Crippen LogP) is 1.78. The highest BCUT2D eigenvalue weighted by Gasteiger charge is 2.48. The Morgan fingerprint density at radius 3 is 2.79 bits per heavy atom. The summed E-state index contributed by atoms with van der Waals surface area (Å²) in [6.07, 6.45) is 3.40. The molecule has 6 nitrogen and oxygen atoms in total. The highest BCUT2D eigenvalue weighted by molar-refractivity contribution is 6.08. The number of carbonyl (C=O) groups is 3. The standard InChI is InChI=1S/C18H21N3O3/c1-12-8-9-13-5-2-3-6-14(13)21(12)16(22)11-20-17(23)15-7-4-10-19(15)18(20)24/h2-3,5-6,12,15H,4,7-11H2,1H3/t12-,15+/m1/s1. The summed E-state index contributed by atoms with van der Waals surface area (Å²) < 4.78 is 0. The van der Waals surface area contributed by atoms with Crippen molar-refractivity contribution in [2.24, 2.45) is 0 Å². The molecule has 6 heteroatoms. The lowest BCUT2D eigenvalue weighted by Crippen LogP contribution is -2.48. The lowest BCUT2D eigenvalue weighted by atomic mass is 9.96. The Bertz CT molecular complexity index is 695. The molecule has 1 aromatic carbocycles. The van der Waals surface area contributed by atoms with Gasteiger partial charge in [-0.05, 0) is 44.2 Å². The molecule has 3 aliphatic heterocycles. The molecule has 0 spiro atoms. The van der Waals surface area contributed by atoms with Crippen molar-refractivity contribution in [3.8, 4) is 0 Å². The highest BCUT2D eigenvalue weighted by Crippen LogP contribution is 2.32. The van der Waals surface area contributed by atoms with Crippen LogP contribution in [0.25, 0.3) is 0 Å². The molecular weight excluding hydrogens is 306 g/mol. The van der Waals surface area contributed by atoms with E-state index < -0.39 is 0 Å². The number of hydrogen-bond acceptors (Lipinski definition) is 3. The van der Waals surface area contributed by atoms with Crippen LogP contribution in [0.15, 0.2) is 24.3 Å². The fourth-order valence-corrected chi connectivity index (χ4v) is 4.11. The number of carbonyl (C=O) groups excluding carboxylic acids is 3. The highest BCUT2D eigenvalue weighted by atomic mass is 16.2. The topological polar surface area (TPSA) is 60.9 Å². The first-order valence-electron chi connectivity index (χ1n) is 8.60. The van der Waals surface area contributed by atoms with E-state index in [1.807, 2.05) is 31.2 Å². The molecule has 0 radical (unpaired) electrons. The van der Waals surface area contributed by atoms with Gasteiger partial charge in [-0.3, -0.25) is 14.5 Å². The third kappa shape index (κ3) is 2.20. The molecule has 3 aliphatic rings. The number of fused-ring (bicyclic) bond motifs is 2. The van der Waals surface area contributed by atoms with E-state index in [2.05, 4.69) is 0 Å². The van der Waals surface area contributed by atoms with Gasteiger partial charge in [0.1, 0.15) is 12.6 Å². The van der Waals surface area contributed by atoms with Crippen LogP contribution in [-0.4, -0.2) is 52.8 Å². The average molecular weight is 327 g/mol. The van der Waals surface area contributed by atoms with Crippen LogP contribution in [0.4, 0.5) is 10.5 Å². The largest absolute Gasteiger partial charge is 0.327 e. The fraction of sp³-hybridized carbons (Fsp3) is 0.500. The number of hydrogen-bond donors (Lipinski definition) is 0. The van der Waals surface area contributed by atoms with Crippen molar-refractivity contribution < 1.29 is 14.4 Å². The Balaban J connectivity index is 1.57. The van der Waals surface area contributed by atoms with E-state index in [9.17, 15) is 14.4 Å². The summed E-state index contributed by atoms with van der Waals surface area (Å²) in [5.41, 5.74) is 2.05. The van der Waals surface area contributed by atoms with E-state index in [4.69, 9.17) is 0 Å². The minimum absolute atomic E-state index is 0.0695. The van der Waals surface area contributed by atoms with Gasteiger partial charge in [-0.2, -0.15) is 0 Å². The van der Waals surface area contributed by atoms with Crippen LogP contribution in [0.5, 0.6) is 0 Å². The molecule has 4 rings (SSSR count). The maximum Gasteiger partial charge on any atom is 0.327 e. The molecule has 24 heavy (non-hydrogen) atoms. The van der Waals surface area contributed by atoms with Crippen LogP contribution in [0, 0.1) is 0 Å². The van der Waals surface area contributed by atoms with Crippen molar-refractivity contribution in [1.82, 2.24) is 9.80 Å². The summed E-state index contributed by atoms with van der Waals surface area (Å²) >= 11 is 0. The van der Waals surface area contributed by atoms with Crippen LogP contribution in [0.3, 0.4) is 0 Å². The minimum Gasteiger partial charge on any atom is -0.312 e. The van der Waals surface area contributed by atoms with Gasteiger partial charge < -0.3 is 9.80 Å². The smallest absolute Gasteiger partial charge is 0.312 e. The van der Waals surface area contributed by atoms with E-state index in [1.165, 1.54) is 0 Å². The second-order valence-electron chi connectivity index (χ2n) is 6.84. The van der Waals surface area contributed by atoms with Gasteiger partial charge in [-0.25, -0.2) is 4.79 Å². The second kappa shape index (κ2) is 5.61.